The summed E-state index contributed by atoms with van der Waals surface area (Å²) < 4.78 is 3.05. The van der Waals surface area contributed by atoms with Crippen LogP contribution in [-0.4, -0.2) is 48.9 Å². The van der Waals surface area contributed by atoms with Crippen LogP contribution in [-0.2, 0) is 13.1 Å². The predicted molar refractivity (Wildman–Crippen MR) is 128 cm³/mol. The fourth-order valence-electron chi connectivity index (χ4n) is 4.45. The van der Waals surface area contributed by atoms with Crippen LogP contribution < -0.4 is 26.3 Å². The summed E-state index contributed by atoms with van der Waals surface area (Å²) in [5.74, 6) is 6.57. The molecular formula is C23H26N8O3. The van der Waals surface area contributed by atoms with Crippen LogP contribution >= 0.6 is 0 Å². The van der Waals surface area contributed by atoms with Crippen LogP contribution in [0.25, 0.3) is 11.0 Å². The number of piperidine rings is 1. The quantitative estimate of drug-likeness (QED) is 0.494. The van der Waals surface area contributed by atoms with Gasteiger partial charge in [0.25, 0.3) is 5.56 Å². The number of hydrogen-bond acceptors (Lipinski definition) is 9. The Balaban J connectivity index is 1.55. The molecule has 4 heterocycles. The topological polar surface area (TPSA) is 129 Å². The largest absolute Gasteiger partial charge is 0.341 e. The number of nitrogens with two attached hydrogens (primary N) is 1. The van der Waals surface area contributed by atoms with Gasteiger partial charge in [0.2, 0.25) is 5.95 Å². The van der Waals surface area contributed by atoms with Crippen molar-refractivity contribution >= 4 is 28.4 Å². The van der Waals surface area contributed by atoms with E-state index < -0.39 is 0 Å². The van der Waals surface area contributed by atoms with Crippen LogP contribution in [0.3, 0.4) is 0 Å². The summed E-state index contributed by atoms with van der Waals surface area (Å²) in [5.41, 5.74) is 7.76. The summed E-state index contributed by atoms with van der Waals surface area (Å²) in [4.78, 5) is 20.3. The lowest BCUT2D eigenvalue weighted by Crippen LogP contribution is -2.44. The van der Waals surface area contributed by atoms with Crippen molar-refractivity contribution in [2.45, 2.75) is 38.9 Å². The molecule has 5 rings (SSSR count). The number of fused-ring (bicyclic) bond motifs is 2. The van der Waals surface area contributed by atoms with Crippen LogP contribution in [0.15, 0.2) is 47.2 Å². The average Bonchev–Trinajstić information content (AvgIpc) is 3.22. The lowest BCUT2D eigenvalue weighted by molar-refractivity contribution is 0.250. The fourth-order valence-corrected chi connectivity index (χ4v) is 4.45. The minimum Gasteiger partial charge on any atom is -0.341 e. The summed E-state index contributed by atoms with van der Waals surface area (Å²) >= 11 is 0. The minimum absolute atomic E-state index is 0.0483. The number of anilines is 3. The van der Waals surface area contributed by atoms with Crippen molar-refractivity contribution in [1.29, 1.82) is 0 Å². The van der Waals surface area contributed by atoms with Gasteiger partial charge in [0.1, 0.15) is 11.0 Å². The van der Waals surface area contributed by atoms with Crippen LogP contribution in [0.4, 0.5) is 17.3 Å². The molecule has 11 nitrogen and oxygen atoms in total. The summed E-state index contributed by atoms with van der Waals surface area (Å²) in [5, 5.41) is 27.2. The van der Waals surface area contributed by atoms with Gasteiger partial charge in [-0.3, -0.25) is 19.8 Å². The maximum absolute atomic E-state index is 13.5. The van der Waals surface area contributed by atoms with E-state index in [0.717, 1.165) is 29.5 Å². The molecule has 176 valence electrons. The van der Waals surface area contributed by atoms with Crippen molar-refractivity contribution in [3.63, 3.8) is 0 Å². The number of hydrogen-bond donors (Lipinski definition) is 3. The number of hydroxylamine groups is 2. The Labute approximate surface area is 195 Å². The van der Waals surface area contributed by atoms with Crippen molar-refractivity contribution in [2.75, 3.05) is 28.1 Å². The van der Waals surface area contributed by atoms with E-state index in [4.69, 9.17) is 10.7 Å². The van der Waals surface area contributed by atoms with Crippen LogP contribution in [0.2, 0.25) is 0 Å². The second kappa shape index (κ2) is 8.83. The molecule has 0 aliphatic carbocycles. The van der Waals surface area contributed by atoms with Crippen LogP contribution in [0.1, 0.15) is 19.8 Å². The number of para-hydroxylation sites is 2. The standard InChI is InChI=1S/C23H26N8O3/c1-2-3-11-28-21-18(26-23(28)27-10-6-7-16(24)13-27)12-25-29(22(21)32)14-17-15-30(33)19-8-4-5-9-20(19)31(17)34/h4-5,8-9,12,15-16,33-34H,6-7,10-11,13-14,24H2,1H3/t16-/m1/s1. The number of imidazole rings is 1. The Hall–Kier alpha value is -3.85. The number of rotatable bonds is 4. The van der Waals surface area contributed by atoms with Crippen molar-refractivity contribution < 1.29 is 10.4 Å². The van der Waals surface area contributed by atoms with Gasteiger partial charge < -0.3 is 10.6 Å². The molecule has 1 saturated heterocycles. The van der Waals surface area contributed by atoms with Gasteiger partial charge in [-0.05, 0) is 31.9 Å². The monoisotopic (exact) mass is 462 g/mol. The second-order valence-corrected chi connectivity index (χ2v) is 8.38. The van der Waals surface area contributed by atoms with E-state index in [-0.39, 0.29) is 23.8 Å². The Morgan fingerprint density at radius 2 is 2.03 bits per heavy atom. The molecule has 0 spiro atoms. The highest BCUT2D eigenvalue weighted by atomic mass is 16.5. The summed E-state index contributed by atoms with van der Waals surface area (Å²) in [6.45, 7) is 3.45. The molecule has 1 fully saturated rings. The summed E-state index contributed by atoms with van der Waals surface area (Å²) in [7, 11) is 0. The van der Waals surface area contributed by atoms with E-state index in [1.807, 2.05) is 4.57 Å². The van der Waals surface area contributed by atoms with E-state index in [1.54, 1.807) is 31.2 Å². The first-order chi connectivity index (χ1) is 16.5. The summed E-state index contributed by atoms with van der Waals surface area (Å²) in [6, 6.07) is 6.88. The van der Waals surface area contributed by atoms with E-state index in [1.165, 1.54) is 17.1 Å². The number of nitrogens with zero attached hydrogens (tertiary/aromatic N) is 7. The Morgan fingerprint density at radius 1 is 1.24 bits per heavy atom. The Morgan fingerprint density at radius 3 is 2.79 bits per heavy atom. The van der Waals surface area contributed by atoms with Gasteiger partial charge in [0.15, 0.2) is 0 Å². The number of benzene rings is 1. The highest BCUT2D eigenvalue weighted by Crippen LogP contribution is 2.34. The normalized spacial score (nSPS) is 17.9. The highest BCUT2D eigenvalue weighted by molar-refractivity contribution is 5.77. The molecule has 2 aliphatic heterocycles. The smallest absolute Gasteiger partial charge is 0.293 e. The molecule has 34 heavy (non-hydrogen) atoms. The lowest BCUT2D eigenvalue weighted by Gasteiger charge is -2.31. The van der Waals surface area contributed by atoms with E-state index in [9.17, 15) is 15.2 Å². The third kappa shape index (κ3) is 3.77. The molecule has 2 aromatic heterocycles. The first-order valence-electron chi connectivity index (χ1n) is 11.1. The third-order valence-corrected chi connectivity index (χ3v) is 6.10. The number of aromatic nitrogens is 4. The first kappa shape index (κ1) is 22.0. The van der Waals surface area contributed by atoms with E-state index >= 15 is 0 Å². The molecule has 0 saturated carbocycles. The highest BCUT2D eigenvalue weighted by Gasteiger charge is 2.26. The predicted octanol–water partition coefficient (Wildman–Crippen LogP) is 1.49. The van der Waals surface area contributed by atoms with Crippen molar-refractivity contribution in [3.8, 4) is 11.8 Å². The molecule has 0 amide bonds. The van der Waals surface area contributed by atoms with Crippen LogP contribution in [0.5, 0.6) is 0 Å². The Kier molecular flexibility index (Phi) is 5.70. The van der Waals surface area contributed by atoms with Crippen molar-refractivity contribution in [3.05, 3.63) is 52.7 Å². The zero-order valence-electron chi connectivity index (χ0n) is 18.8. The third-order valence-electron chi connectivity index (χ3n) is 6.10. The summed E-state index contributed by atoms with van der Waals surface area (Å²) in [6.07, 6.45) is 4.79. The average molecular weight is 463 g/mol. The second-order valence-electron chi connectivity index (χ2n) is 8.38. The maximum Gasteiger partial charge on any atom is 0.293 e. The molecule has 2 aliphatic rings. The van der Waals surface area contributed by atoms with E-state index in [0.29, 0.717) is 41.4 Å². The Bertz CT molecular complexity index is 1380. The van der Waals surface area contributed by atoms with Gasteiger partial charge in [-0.25, -0.2) is 19.8 Å². The minimum atomic E-state index is -0.367. The van der Waals surface area contributed by atoms with Crippen molar-refractivity contribution in [1.82, 2.24) is 19.3 Å². The number of allylic oxidation sites excluding steroid dienone is 1. The van der Waals surface area contributed by atoms with Gasteiger partial charge in [-0.15, -0.1) is 5.92 Å². The van der Waals surface area contributed by atoms with Gasteiger partial charge in [0, 0.05) is 19.1 Å². The molecule has 1 aromatic carbocycles. The molecule has 0 radical (unpaired) electrons. The molecule has 0 bridgehead atoms. The van der Waals surface area contributed by atoms with Gasteiger partial charge in [-0.2, -0.15) is 5.10 Å². The van der Waals surface area contributed by atoms with Gasteiger partial charge in [-0.1, -0.05) is 18.1 Å². The first-order valence-corrected chi connectivity index (χ1v) is 11.1. The van der Waals surface area contributed by atoms with Crippen molar-refractivity contribution in [2.24, 2.45) is 5.73 Å². The lowest BCUT2D eigenvalue weighted by atomic mass is 10.1. The molecule has 11 heteroatoms. The molecular weight excluding hydrogens is 436 g/mol. The maximum atomic E-state index is 13.5. The fraction of sp³-hybridized carbons (Fsp3) is 0.348. The molecule has 0 unspecified atom stereocenters. The molecule has 4 N–H and O–H groups in total. The van der Waals surface area contributed by atoms with E-state index in [2.05, 4.69) is 21.8 Å². The van der Waals surface area contributed by atoms with Gasteiger partial charge >= 0.3 is 0 Å². The van der Waals surface area contributed by atoms with Gasteiger partial charge in [0.05, 0.1) is 42.6 Å². The molecule has 1 atom stereocenters. The zero-order chi connectivity index (χ0) is 23.8. The molecule has 3 aromatic rings. The van der Waals surface area contributed by atoms with Crippen LogP contribution in [0, 0.1) is 11.8 Å². The zero-order valence-corrected chi connectivity index (χ0v) is 18.8. The SMILES string of the molecule is CC#CCn1c(N2CCC[C@@H](N)C2)nc2cnn(CC3=CN(O)c4ccccc4N3O)c(=O)c21.